The molecule has 3 aromatic rings. The van der Waals surface area contributed by atoms with Gasteiger partial charge in [-0.05, 0) is 37.6 Å². The maximum Gasteiger partial charge on any atom is 0.267 e. The molecule has 1 aromatic heterocycles. The molecule has 0 spiro atoms. The molecule has 1 amide bonds. The molecular formula is C19H20N4O2. The summed E-state index contributed by atoms with van der Waals surface area (Å²) in [5, 5.41) is 7.10. The number of rotatable bonds is 6. The molecule has 25 heavy (non-hydrogen) atoms. The van der Waals surface area contributed by atoms with Gasteiger partial charge in [-0.25, -0.2) is 4.68 Å². The van der Waals surface area contributed by atoms with Crippen LogP contribution in [0.2, 0.25) is 0 Å². The zero-order valence-corrected chi connectivity index (χ0v) is 14.2. The predicted molar refractivity (Wildman–Crippen MR) is 95.9 cm³/mol. The lowest BCUT2D eigenvalue weighted by Gasteiger charge is -2.16. The van der Waals surface area contributed by atoms with E-state index < -0.39 is 6.10 Å². The minimum Gasteiger partial charge on any atom is -0.481 e. The lowest BCUT2D eigenvalue weighted by molar-refractivity contribution is -0.122. The molecule has 1 unspecified atom stereocenters. The highest BCUT2D eigenvalue weighted by Crippen LogP contribution is 2.15. The number of nitrogens with one attached hydrogen (secondary N) is 1. The summed E-state index contributed by atoms with van der Waals surface area (Å²) in [5.74, 6) is 1.35. The van der Waals surface area contributed by atoms with Crippen molar-refractivity contribution in [2.75, 3.05) is 5.32 Å². The second-order valence-corrected chi connectivity index (χ2v) is 5.55. The van der Waals surface area contributed by atoms with Crippen LogP contribution in [0.25, 0.3) is 5.69 Å². The van der Waals surface area contributed by atoms with E-state index in [1.54, 1.807) is 4.68 Å². The SMILES string of the molecule is CCC(Oc1ccccc1)C(=O)Nc1nc(C)n(-c2ccccc2)n1. The Hall–Kier alpha value is -3.15. The number of benzene rings is 2. The van der Waals surface area contributed by atoms with Gasteiger partial charge in [0.2, 0.25) is 5.95 Å². The Kier molecular flexibility index (Phi) is 5.09. The Morgan fingerprint density at radius 2 is 1.76 bits per heavy atom. The third-order valence-electron chi connectivity index (χ3n) is 3.69. The molecule has 1 atom stereocenters. The maximum absolute atomic E-state index is 12.5. The predicted octanol–water partition coefficient (Wildman–Crippen LogP) is 3.37. The van der Waals surface area contributed by atoms with E-state index in [0.29, 0.717) is 18.0 Å². The monoisotopic (exact) mass is 336 g/mol. The van der Waals surface area contributed by atoms with E-state index in [2.05, 4.69) is 15.4 Å². The van der Waals surface area contributed by atoms with Crippen LogP contribution in [0.4, 0.5) is 5.95 Å². The van der Waals surface area contributed by atoms with E-state index in [-0.39, 0.29) is 11.9 Å². The number of nitrogens with zero attached hydrogens (tertiary/aromatic N) is 3. The van der Waals surface area contributed by atoms with Crippen molar-refractivity contribution in [3.8, 4) is 11.4 Å². The standard InChI is InChI=1S/C19H20N4O2/c1-3-17(25-16-12-8-5-9-13-16)18(24)21-19-20-14(2)23(22-19)15-10-6-4-7-11-15/h4-13,17H,3H2,1-2H3,(H,21,22,24). The number of para-hydroxylation sites is 2. The first-order valence-electron chi connectivity index (χ1n) is 8.19. The van der Waals surface area contributed by atoms with Crippen molar-refractivity contribution in [1.29, 1.82) is 0 Å². The lowest BCUT2D eigenvalue weighted by atomic mass is 10.2. The first kappa shape index (κ1) is 16.7. The summed E-state index contributed by atoms with van der Waals surface area (Å²) in [7, 11) is 0. The van der Waals surface area contributed by atoms with Gasteiger partial charge in [-0.15, -0.1) is 5.10 Å². The number of anilines is 1. The lowest BCUT2D eigenvalue weighted by Crippen LogP contribution is -2.32. The van der Waals surface area contributed by atoms with Crippen molar-refractivity contribution in [3.05, 3.63) is 66.5 Å². The summed E-state index contributed by atoms with van der Waals surface area (Å²) in [5.41, 5.74) is 0.889. The summed E-state index contributed by atoms with van der Waals surface area (Å²) in [6.45, 7) is 3.74. The number of carbonyl (C=O) groups is 1. The zero-order valence-electron chi connectivity index (χ0n) is 14.2. The van der Waals surface area contributed by atoms with Crippen LogP contribution in [0.1, 0.15) is 19.2 Å². The van der Waals surface area contributed by atoms with Gasteiger partial charge in [0, 0.05) is 0 Å². The van der Waals surface area contributed by atoms with Crippen molar-refractivity contribution in [2.45, 2.75) is 26.4 Å². The van der Waals surface area contributed by atoms with Crippen LogP contribution in [-0.2, 0) is 4.79 Å². The molecule has 3 rings (SSSR count). The first-order valence-corrected chi connectivity index (χ1v) is 8.19. The van der Waals surface area contributed by atoms with Crippen molar-refractivity contribution < 1.29 is 9.53 Å². The Balaban J connectivity index is 1.72. The molecule has 0 fully saturated rings. The van der Waals surface area contributed by atoms with Crippen LogP contribution in [0.3, 0.4) is 0 Å². The van der Waals surface area contributed by atoms with Gasteiger partial charge in [-0.2, -0.15) is 4.98 Å². The number of aromatic nitrogens is 3. The van der Waals surface area contributed by atoms with Gasteiger partial charge in [0.25, 0.3) is 5.91 Å². The minimum atomic E-state index is -0.605. The maximum atomic E-state index is 12.5. The van der Waals surface area contributed by atoms with Gasteiger partial charge in [0.15, 0.2) is 6.10 Å². The fourth-order valence-corrected chi connectivity index (χ4v) is 2.43. The molecule has 0 saturated heterocycles. The van der Waals surface area contributed by atoms with Crippen LogP contribution in [0.5, 0.6) is 5.75 Å². The second kappa shape index (κ2) is 7.61. The summed E-state index contributed by atoms with van der Waals surface area (Å²) in [6.07, 6.45) is -0.0644. The molecule has 0 saturated carbocycles. The molecular weight excluding hydrogens is 316 g/mol. The Labute approximate surface area is 146 Å². The second-order valence-electron chi connectivity index (χ2n) is 5.55. The first-order chi connectivity index (χ1) is 12.2. The molecule has 0 aliphatic carbocycles. The molecule has 6 heteroatoms. The number of amides is 1. The summed E-state index contributed by atoms with van der Waals surface area (Å²) >= 11 is 0. The fourth-order valence-electron chi connectivity index (χ4n) is 2.43. The molecule has 6 nitrogen and oxygen atoms in total. The van der Waals surface area contributed by atoms with E-state index >= 15 is 0 Å². The van der Waals surface area contributed by atoms with Crippen LogP contribution >= 0.6 is 0 Å². The van der Waals surface area contributed by atoms with Crippen LogP contribution in [-0.4, -0.2) is 26.8 Å². The molecule has 1 N–H and O–H groups in total. The van der Waals surface area contributed by atoms with E-state index in [0.717, 1.165) is 5.69 Å². The van der Waals surface area contributed by atoms with E-state index in [4.69, 9.17) is 4.74 Å². The minimum absolute atomic E-state index is 0.265. The van der Waals surface area contributed by atoms with Crippen LogP contribution in [0.15, 0.2) is 60.7 Å². The summed E-state index contributed by atoms with van der Waals surface area (Å²) in [6, 6.07) is 18.9. The average Bonchev–Trinajstić information content (AvgIpc) is 3.01. The van der Waals surface area contributed by atoms with Gasteiger partial charge < -0.3 is 4.74 Å². The van der Waals surface area contributed by atoms with Gasteiger partial charge in [-0.3, -0.25) is 10.1 Å². The average molecular weight is 336 g/mol. The largest absolute Gasteiger partial charge is 0.481 e. The highest BCUT2D eigenvalue weighted by Gasteiger charge is 2.20. The molecule has 0 radical (unpaired) electrons. The quantitative estimate of drug-likeness (QED) is 0.749. The van der Waals surface area contributed by atoms with Crippen molar-refractivity contribution in [2.24, 2.45) is 0 Å². The number of hydrogen-bond acceptors (Lipinski definition) is 4. The molecule has 0 aliphatic rings. The van der Waals surface area contributed by atoms with Crippen LogP contribution in [0, 0.1) is 6.92 Å². The third-order valence-corrected chi connectivity index (χ3v) is 3.69. The molecule has 128 valence electrons. The summed E-state index contributed by atoms with van der Waals surface area (Å²) in [4.78, 5) is 16.8. The van der Waals surface area contributed by atoms with Crippen molar-refractivity contribution >= 4 is 11.9 Å². The third kappa shape index (κ3) is 4.03. The Morgan fingerprint density at radius 1 is 1.12 bits per heavy atom. The summed E-state index contributed by atoms with van der Waals surface area (Å²) < 4.78 is 7.43. The molecule has 0 aliphatic heterocycles. The van der Waals surface area contributed by atoms with Crippen molar-refractivity contribution in [1.82, 2.24) is 14.8 Å². The van der Waals surface area contributed by atoms with Gasteiger partial charge in [-0.1, -0.05) is 43.3 Å². The van der Waals surface area contributed by atoms with Gasteiger partial charge in [0.1, 0.15) is 11.6 Å². The number of ether oxygens (including phenoxy) is 1. The Bertz CT molecular complexity index is 831. The van der Waals surface area contributed by atoms with E-state index in [9.17, 15) is 4.79 Å². The van der Waals surface area contributed by atoms with E-state index in [1.807, 2.05) is 74.5 Å². The molecule has 0 bridgehead atoms. The fraction of sp³-hybridized carbons (Fsp3) is 0.211. The molecule has 1 heterocycles. The van der Waals surface area contributed by atoms with E-state index in [1.165, 1.54) is 0 Å². The Morgan fingerprint density at radius 3 is 2.40 bits per heavy atom. The zero-order chi connectivity index (χ0) is 17.6. The highest BCUT2D eigenvalue weighted by molar-refractivity contribution is 5.92. The topological polar surface area (TPSA) is 69.0 Å². The van der Waals surface area contributed by atoms with Crippen molar-refractivity contribution in [3.63, 3.8) is 0 Å². The van der Waals surface area contributed by atoms with Crippen LogP contribution < -0.4 is 10.1 Å². The highest BCUT2D eigenvalue weighted by atomic mass is 16.5. The van der Waals surface area contributed by atoms with Gasteiger partial charge in [0.05, 0.1) is 5.69 Å². The normalized spacial score (nSPS) is 11.8. The number of hydrogen-bond donors (Lipinski definition) is 1. The molecule has 2 aromatic carbocycles. The number of carbonyl (C=O) groups excluding carboxylic acids is 1. The number of aryl methyl sites for hydroxylation is 1. The smallest absolute Gasteiger partial charge is 0.267 e. The van der Waals surface area contributed by atoms with Gasteiger partial charge >= 0.3 is 0 Å².